The first-order valence-corrected chi connectivity index (χ1v) is 6.17. The Labute approximate surface area is 115 Å². The maximum Gasteiger partial charge on any atom is 0.226 e. The zero-order valence-corrected chi connectivity index (χ0v) is 11.2. The number of anilines is 2. The number of hydrogen-bond acceptors (Lipinski definition) is 7. The van der Waals surface area contributed by atoms with Crippen molar-refractivity contribution in [1.29, 1.82) is 0 Å². The van der Waals surface area contributed by atoms with Crippen molar-refractivity contribution in [1.82, 2.24) is 29.9 Å². The Balaban J connectivity index is 1.88. The van der Waals surface area contributed by atoms with Crippen LogP contribution in [0.1, 0.15) is 11.5 Å². The molecule has 0 saturated carbocycles. The Bertz CT molecular complexity index is 735. The van der Waals surface area contributed by atoms with Gasteiger partial charge in [-0.1, -0.05) is 0 Å². The van der Waals surface area contributed by atoms with Gasteiger partial charge in [-0.2, -0.15) is 9.97 Å². The molecule has 0 aliphatic carbocycles. The number of aromatic amines is 1. The molecule has 20 heavy (non-hydrogen) atoms. The van der Waals surface area contributed by atoms with Gasteiger partial charge in [-0.15, -0.1) is 0 Å². The molecule has 102 valence electrons. The lowest BCUT2D eigenvalue weighted by atomic mass is 10.4. The van der Waals surface area contributed by atoms with E-state index in [-0.39, 0.29) is 0 Å². The molecule has 0 unspecified atom stereocenters. The Morgan fingerprint density at radius 2 is 2.10 bits per heavy atom. The Morgan fingerprint density at radius 3 is 2.90 bits per heavy atom. The first kappa shape index (κ1) is 12.3. The number of nitrogens with one attached hydrogen (secondary N) is 3. The molecule has 0 aliphatic heterocycles. The van der Waals surface area contributed by atoms with Gasteiger partial charge in [-0.3, -0.25) is 0 Å². The average Bonchev–Trinajstić information content (AvgIpc) is 2.93. The summed E-state index contributed by atoms with van der Waals surface area (Å²) >= 11 is 0. The van der Waals surface area contributed by atoms with Crippen molar-refractivity contribution in [2.45, 2.75) is 13.5 Å². The number of rotatable bonds is 4. The highest BCUT2D eigenvalue weighted by Gasteiger charge is 2.09. The lowest BCUT2D eigenvalue weighted by molar-refractivity contribution is 0.950. The van der Waals surface area contributed by atoms with Crippen molar-refractivity contribution in [2.24, 2.45) is 0 Å². The standard InChI is InChI=1S/C12H14N8/c1-7-14-4-3-8(18-7)5-15-10-9-11(17-6-16-9)20-12(13-2)19-10/h3-4,6H,5H2,1-2H3,(H3,13,15,16,17,19,20). The lowest BCUT2D eigenvalue weighted by Gasteiger charge is -2.07. The average molecular weight is 270 g/mol. The van der Waals surface area contributed by atoms with Gasteiger partial charge in [0.2, 0.25) is 5.95 Å². The van der Waals surface area contributed by atoms with Gasteiger partial charge in [-0.25, -0.2) is 15.0 Å². The van der Waals surface area contributed by atoms with Crippen LogP contribution in [0.2, 0.25) is 0 Å². The summed E-state index contributed by atoms with van der Waals surface area (Å²) in [7, 11) is 1.77. The van der Waals surface area contributed by atoms with Gasteiger partial charge in [0.25, 0.3) is 0 Å². The third-order valence-electron chi connectivity index (χ3n) is 2.78. The second-order valence-electron chi connectivity index (χ2n) is 4.20. The van der Waals surface area contributed by atoms with Crippen molar-refractivity contribution in [3.05, 3.63) is 30.1 Å². The molecule has 0 aromatic carbocycles. The summed E-state index contributed by atoms with van der Waals surface area (Å²) in [6.45, 7) is 2.41. The minimum absolute atomic E-state index is 0.519. The molecule has 3 aromatic heterocycles. The zero-order chi connectivity index (χ0) is 13.9. The van der Waals surface area contributed by atoms with E-state index >= 15 is 0 Å². The second kappa shape index (κ2) is 5.08. The molecule has 0 spiro atoms. The van der Waals surface area contributed by atoms with Gasteiger partial charge in [0.1, 0.15) is 11.3 Å². The minimum atomic E-state index is 0.519. The third kappa shape index (κ3) is 2.35. The number of hydrogen-bond donors (Lipinski definition) is 3. The van der Waals surface area contributed by atoms with Crippen LogP contribution >= 0.6 is 0 Å². The molecule has 0 radical (unpaired) electrons. The first-order valence-electron chi connectivity index (χ1n) is 6.17. The maximum absolute atomic E-state index is 4.38. The second-order valence-corrected chi connectivity index (χ2v) is 4.20. The quantitative estimate of drug-likeness (QED) is 0.652. The van der Waals surface area contributed by atoms with Crippen LogP contribution in [0, 0.1) is 6.92 Å². The monoisotopic (exact) mass is 270 g/mol. The van der Waals surface area contributed by atoms with E-state index < -0.39 is 0 Å². The molecule has 8 nitrogen and oxygen atoms in total. The van der Waals surface area contributed by atoms with Crippen molar-refractivity contribution in [3.63, 3.8) is 0 Å². The van der Waals surface area contributed by atoms with Crippen molar-refractivity contribution in [3.8, 4) is 0 Å². The fraction of sp³-hybridized carbons (Fsp3) is 0.250. The number of nitrogens with zero attached hydrogens (tertiary/aromatic N) is 5. The van der Waals surface area contributed by atoms with E-state index in [1.165, 1.54) is 0 Å². The number of imidazole rings is 1. The van der Waals surface area contributed by atoms with Gasteiger partial charge >= 0.3 is 0 Å². The molecule has 3 rings (SSSR count). The SMILES string of the molecule is CNc1nc(NCc2ccnc(C)n2)c2[nH]cnc2n1. The minimum Gasteiger partial charge on any atom is -0.362 e. The molecule has 3 N–H and O–H groups in total. The van der Waals surface area contributed by atoms with Crippen molar-refractivity contribution >= 4 is 22.9 Å². The topological polar surface area (TPSA) is 104 Å². The van der Waals surface area contributed by atoms with Crippen LogP contribution < -0.4 is 10.6 Å². The Morgan fingerprint density at radius 1 is 1.20 bits per heavy atom. The van der Waals surface area contributed by atoms with Gasteiger partial charge in [0.05, 0.1) is 18.6 Å². The van der Waals surface area contributed by atoms with Crippen LogP contribution in [0.3, 0.4) is 0 Å². The molecule has 3 heterocycles. The van der Waals surface area contributed by atoms with Crippen molar-refractivity contribution < 1.29 is 0 Å². The molecule has 0 bridgehead atoms. The summed E-state index contributed by atoms with van der Waals surface area (Å²) < 4.78 is 0. The van der Waals surface area contributed by atoms with Crippen LogP contribution in [0.25, 0.3) is 11.2 Å². The molecule has 0 fully saturated rings. The summed E-state index contributed by atoms with van der Waals surface area (Å²) in [5, 5.41) is 6.15. The zero-order valence-electron chi connectivity index (χ0n) is 11.2. The predicted octanol–water partition coefficient (Wildman–Crippen LogP) is 1.11. The van der Waals surface area contributed by atoms with Gasteiger partial charge < -0.3 is 15.6 Å². The maximum atomic E-state index is 4.38. The van der Waals surface area contributed by atoms with Crippen LogP contribution in [0.5, 0.6) is 0 Å². The number of H-pyrrole nitrogens is 1. The van der Waals surface area contributed by atoms with E-state index in [2.05, 4.69) is 40.5 Å². The highest BCUT2D eigenvalue weighted by molar-refractivity contribution is 5.83. The normalized spacial score (nSPS) is 10.7. The number of aromatic nitrogens is 6. The van der Waals surface area contributed by atoms with Crippen molar-refractivity contribution in [2.75, 3.05) is 17.7 Å². The molecular formula is C12H14N8. The lowest BCUT2D eigenvalue weighted by Crippen LogP contribution is -2.07. The highest BCUT2D eigenvalue weighted by atomic mass is 15.2. The summed E-state index contributed by atoms with van der Waals surface area (Å²) in [5.74, 6) is 1.95. The van der Waals surface area contributed by atoms with E-state index in [4.69, 9.17) is 0 Å². The van der Waals surface area contributed by atoms with E-state index in [0.717, 1.165) is 17.0 Å². The highest BCUT2D eigenvalue weighted by Crippen LogP contribution is 2.18. The van der Waals surface area contributed by atoms with Crippen LogP contribution in [0.4, 0.5) is 11.8 Å². The fourth-order valence-electron chi connectivity index (χ4n) is 1.85. The van der Waals surface area contributed by atoms with Crippen LogP contribution in [0.15, 0.2) is 18.6 Å². The van der Waals surface area contributed by atoms with Gasteiger partial charge in [0, 0.05) is 13.2 Å². The summed E-state index contributed by atoms with van der Waals surface area (Å²) in [6.07, 6.45) is 3.34. The molecule has 0 amide bonds. The first-order chi connectivity index (χ1) is 9.76. The predicted molar refractivity (Wildman–Crippen MR) is 75.3 cm³/mol. The third-order valence-corrected chi connectivity index (χ3v) is 2.78. The van der Waals surface area contributed by atoms with Crippen LogP contribution in [-0.2, 0) is 6.54 Å². The number of fused-ring (bicyclic) bond motifs is 1. The Kier molecular flexibility index (Phi) is 3.12. The smallest absolute Gasteiger partial charge is 0.226 e. The van der Waals surface area contributed by atoms with E-state index in [9.17, 15) is 0 Å². The Hall–Kier alpha value is -2.77. The molecular weight excluding hydrogens is 256 g/mol. The molecule has 0 aliphatic rings. The summed E-state index contributed by atoms with van der Waals surface area (Å²) in [6, 6.07) is 1.87. The fourth-order valence-corrected chi connectivity index (χ4v) is 1.85. The molecule has 8 heteroatoms. The number of aryl methyl sites for hydroxylation is 1. The molecule has 3 aromatic rings. The largest absolute Gasteiger partial charge is 0.362 e. The van der Waals surface area contributed by atoms with Crippen LogP contribution in [-0.4, -0.2) is 37.0 Å². The van der Waals surface area contributed by atoms with E-state index in [0.29, 0.717) is 24.0 Å². The molecule has 0 atom stereocenters. The van der Waals surface area contributed by atoms with Gasteiger partial charge in [-0.05, 0) is 13.0 Å². The summed E-state index contributed by atoms with van der Waals surface area (Å²) in [5.41, 5.74) is 2.29. The van der Waals surface area contributed by atoms with E-state index in [1.54, 1.807) is 19.6 Å². The van der Waals surface area contributed by atoms with Gasteiger partial charge in [0.15, 0.2) is 11.5 Å². The van der Waals surface area contributed by atoms with E-state index in [1.807, 2.05) is 13.0 Å². The molecule has 0 saturated heterocycles. The summed E-state index contributed by atoms with van der Waals surface area (Å²) in [4.78, 5) is 24.2.